The molecule has 1 N–H and O–H groups in total. The van der Waals surface area contributed by atoms with Crippen molar-refractivity contribution in [1.82, 2.24) is 5.32 Å². The number of nitro benzene ring substituents is 1. The lowest BCUT2D eigenvalue weighted by molar-refractivity contribution is -0.384. The highest BCUT2D eigenvalue weighted by Crippen LogP contribution is 2.37. The van der Waals surface area contributed by atoms with Gasteiger partial charge in [-0.15, -0.1) is 6.58 Å². The van der Waals surface area contributed by atoms with Crippen LogP contribution in [0, 0.1) is 17.0 Å². The van der Waals surface area contributed by atoms with Crippen LogP contribution in [0.3, 0.4) is 0 Å². The number of carbonyl (C=O) groups is 1. The van der Waals surface area contributed by atoms with Gasteiger partial charge in [0.15, 0.2) is 16.7 Å². The van der Waals surface area contributed by atoms with E-state index in [4.69, 9.17) is 9.47 Å². The minimum absolute atomic E-state index is 0.00189. The first-order valence-corrected chi connectivity index (χ1v) is 12.8. The van der Waals surface area contributed by atoms with Crippen molar-refractivity contribution in [3.05, 3.63) is 111 Å². The van der Waals surface area contributed by atoms with Crippen LogP contribution in [0.25, 0.3) is 6.08 Å². The summed E-state index contributed by atoms with van der Waals surface area (Å²) in [5.74, 6) is 0.821. The van der Waals surface area contributed by atoms with E-state index in [1.165, 1.54) is 23.9 Å². The number of non-ortho nitro benzene ring substituents is 1. The van der Waals surface area contributed by atoms with Gasteiger partial charge in [0, 0.05) is 17.7 Å². The summed E-state index contributed by atoms with van der Waals surface area (Å²) >= 11 is 1.27. The Morgan fingerprint density at radius 1 is 1.13 bits per heavy atom. The van der Waals surface area contributed by atoms with Gasteiger partial charge in [-0.3, -0.25) is 14.9 Å². The molecule has 0 radical (unpaired) electrons. The van der Waals surface area contributed by atoms with Crippen LogP contribution in [-0.4, -0.2) is 22.6 Å². The lowest BCUT2D eigenvalue weighted by Gasteiger charge is -2.17. The van der Waals surface area contributed by atoms with E-state index in [9.17, 15) is 14.9 Å². The number of thioether (sulfide) groups is 1. The standard InChI is InChI=1S/C29H27N3O5S/c1-4-7-22-14-21(17-26-28(33)31-29(38-26)30-23-12-10-19(3)11-13-23)16-25(36-5-2)27(22)37-18-20-8-6-9-24(15-20)32(34)35/h4,6,8-17H,1,5,7,18H2,2-3H3,(H,30,31,33)/b26-17+. The van der Waals surface area contributed by atoms with Crippen LogP contribution >= 0.6 is 11.8 Å². The number of nitrogens with zero attached hydrogens (tertiary/aromatic N) is 2. The van der Waals surface area contributed by atoms with Crippen LogP contribution in [-0.2, 0) is 17.8 Å². The van der Waals surface area contributed by atoms with Crippen molar-refractivity contribution in [2.24, 2.45) is 4.99 Å². The maximum atomic E-state index is 12.7. The largest absolute Gasteiger partial charge is 0.490 e. The zero-order chi connectivity index (χ0) is 27.1. The highest BCUT2D eigenvalue weighted by molar-refractivity contribution is 8.18. The molecule has 3 aromatic rings. The number of nitro groups is 1. The second-order valence-electron chi connectivity index (χ2n) is 8.47. The summed E-state index contributed by atoms with van der Waals surface area (Å²) in [7, 11) is 0. The smallest absolute Gasteiger partial charge is 0.269 e. The van der Waals surface area contributed by atoms with Gasteiger partial charge in [-0.05, 0) is 73.5 Å². The van der Waals surface area contributed by atoms with Crippen molar-refractivity contribution in [1.29, 1.82) is 0 Å². The topological polar surface area (TPSA) is 103 Å². The van der Waals surface area contributed by atoms with E-state index in [-0.39, 0.29) is 18.2 Å². The van der Waals surface area contributed by atoms with Gasteiger partial charge >= 0.3 is 0 Å². The minimum atomic E-state index is -0.436. The van der Waals surface area contributed by atoms with E-state index in [2.05, 4.69) is 16.9 Å². The van der Waals surface area contributed by atoms with Crippen molar-refractivity contribution in [3.63, 3.8) is 0 Å². The molecule has 1 amide bonds. The highest BCUT2D eigenvalue weighted by Gasteiger charge is 2.24. The first-order chi connectivity index (χ1) is 18.4. The zero-order valence-electron chi connectivity index (χ0n) is 21.1. The Hall–Kier alpha value is -4.37. The summed E-state index contributed by atoms with van der Waals surface area (Å²) in [6, 6.07) is 17.8. The van der Waals surface area contributed by atoms with Gasteiger partial charge in [0.2, 0.25) is 0 Å². The average Bonchev–Trinajstić information content (AvgIpc) is 3.23. The number of nitrogens with one attached hydrogen (secondary N) is 1. The van der Waals surface area contributed by atoms with Gasteiger partial charge < -0.3 is 14.8 Å². The monoisotopic (exact) mass is 529 g/mol. The molecule has 8 nitrogen and oxygen atoms in total. The van der Waals surface area contributed by atoms with Crippen molar-refractivity contribution >= 4 is 40.3 Å². The summed E-state index contributed by atoms with van der Waals surface area (Å²) in [6.07, 6.45) is 4.05. The van der Waals surface area contributed by atoms with Crippen LogP contribution in [0.5, 0.6) is 11.5 Å². The lowest BCUT2D eigenvalue weighted by Crippen LogP contribution is -2.19. The molecule has 3 aromatic carbocycles. The van der Waals surface area contributed by atoms with Crippen LogP contribution in [0.15, 0.2) is 83.2 Å². The quantitative estimate of drug-likeness (QED) is 0.139. The molecule has 1 fully saturated rings. The molecule has 0 aromatic heterocycles. The van der Waals surface area contributed by atoms with Crippen molar-refractivity contribution in [2.45, 2.75) is 26.9 Å². The molecule has 0 unspecified atom stereocenters. The Balaban J connectivity index is 1.61. The Morgan fingerprint density at radius 2 is 1.92 bits per heavy atom. The number of hydrogen-bond acceptors (Lipinski definition) is 7. The number of ether oxygens (including phenoxy) is 2. The summed E-state index contributed by atoms with van der Waals surface area (Å²) in [5, 5.41) is 14.5. The van der Waals surface area contributed by atoms with Gasteiger partial charge in [0.05, 0.1) is 22.1 Å². The number of benzene rings is 3. The van der Waals surface area contributed by atoms with Crippen molar-refractivity contribution in [3.8, 4) is 11.5 Å². The Labute approximate surface area is 225 Å². The van der Waals surface area contributed by atoms with E-state index in [1.54, 1.807) is 24.3 Å². The normalized spacial score (nSPS) is 14.9. The van der Waals surface area contributed by atoms with Gasteiger partial charge in [0.25, 0.3) is 11.6 Å². The molecule has 0 saturated carbocycles. The maximum absolute atomic E-state index is 12.7. The molecular formula is C29H27N3O5S. The second kappa shape index (κ2) is 12.2. The molecule has 1 aliphatic rings. The third kappa shape index (κ3) is 6.68. The second-order valence-corrected chi connectivity index (χ2v) is 9.50. The van der Waals surface area contributed by atoms with E-state index in [0.717, 1.165) is 22.4 Å². The summed E-state index contributed by atoms with van der Waals surface area (Å²) < 4.78 is 12.0. The molecule has 1 aliphatic heterocycles. The fourth-order valence-electron chi connectivity index (χ4n) is 3.78. The maximum Gasteiger partial charge on any atom is 0.269 e. The Bertz CT molecular complexity index is 1430. The van der Waals surface area contributed by atoms with Gasteiger partial charge in [-0.1, -0.05) is 35.9 Å². The predicted octanol–water partition coefficient (Wildman–Crippen LogP) is 6.50. The summed E-state index contributed by atoms with van der Waals surface area (Å²) in [5.41, 5.74) is 4.15. The highest BCUT2D eigenvalue weighted by atomic mass is 32.2. The number of carbonyl (C=O) groups excluding carboxylic acids is 1. The molecule has 4 rings (SSSR count). The molecule has 1 saturated heterocycles. The van der Waals surface area contributed by atoms with Crippen molar-refractivity contribution in [2.75, 3.05) is 6.61 Å². The first kappa shape index (κ1) is 26.7. The molecule has 0 atom stereocenters. The van der Waals surface area contributed by atoms with Gasteiger partial charge in [0.1, 0.15) is 6.61 Å². The SMILES string of the molecule is C=CCc1cc(/C=C2/SC(=Nc3ccc(C)cc3)NC2=O)cc(OCC)c1OCc1cccc([N+](=O)[O-])c1. The van der Waals surface area contributed by atoms with Crippen molar-refractivity contribution < 1.29 is 19.2 Å². The molecule has 1 heterocycles. The fourth-order valence-corrected chi connectivity index (χ4v) is 4.63. The molecule has 9 heteroatoms. The number of rotatable bonds is 10. The zero-order valence-corrected chi connectivity index (χ0v) is 21.9. The average molecular weight is 530 g/mol. The van der Waals surface area contributed by atoms with Crippen LogP contribution < -0.4 is 14.8 Å². The number of aliphatic imine (C=N–C) groups is 1. The van der Waals surface area contributed by atoms with Gasteiger partial charge in [-0.25, -0.2) is 4.99 Å². The van der Waals surface area contributed by atoms with E-state index in [0.29, 0.717) is 40.2 Å². The third-order valence-electron chi connectivity index (χ3n) is 5.54. The molecular weight excluding hydrogens is 502 g/mol. The van der Waals surface area contributed by atoms with Crippen LogP contribution in [0.2, 0.25) is 0 Å². The molecule has 38 heavy (non-hydrogen) atoms. The number of hydrogen-bond donors (Lipinski definition) is 1. The fraction of sp³-hybridized carbons (Fsp3) is 0.172. The number of allylic oxidation sites excluding steroid dienone is 1. The number of amidine groups is 1. The molecule has 0 spiro atoms. The number of amides is 1. The minimum Gasteiger partial charge on any atom is -0.490 e. The summed E-state index contributed by atoms with van der Waals surface area (Å²) in [4.78, 5) is 28.4. The lowest BCUT2D eigenvalue weighted by atomic mass is 10.0. The van der Waals surface area contributed by atoms with E-state index in [1.807, 2.05) is 50.2 Å². The molecule has 0 aliphatic carbocycles. The third-order valence-corrected chi connectivity index (χ3v) is 6.45. The summed E-state index contributed by atoms with van der Waals surface area (Å²) in [6.45, 7) is 8.26. The Morgan fingerprint density at radius 3 is 2.63 bits per heavy atom. The number of aryl methyl sites for hydroxylation is 1. The van der Waals surface area contributed by atoms with Crippen LogP contribution in [0.1, 0.15) is 29.2 Å². The van der Waals surface area contributed by atoms with Crippen LogP contribution in [0.4, 0.5) is 11.4 Å². The predicted molar refractivity (Wildman–Crippen MR) is 151 cm³/mol. The first-order valence-electron chi connectivity index (χ1n) is 12.0. The van der Waals surface area contributed by atoms with E-state index < -0.39 is 4.92 Å². The molecule has 0 bridgehead atoms. The van der Waals surface area contributed by atoms with E-state index >= 15 is 0 Å². The Kier molecular flexibility index (Phi) is 8.60. The molecule has 194 valence electrons. The van der Waals surface area contributed by atoms with Gasteiger partial charge in [-0.2, -0.15) is 0 Å².